The van der Waals surface area contributed by atoms with Crippen LogP contribution in [-0.4, -0.2) is 18.7 Å². The van der Waals surface area contributed by atoms with E-state index in [9.17, 15) is 4.79 Å². The molecule has 0 spiro atoms. The lowest BCUT2D eigenvalue weighted by molar-refractivity contribution is 0.0589. The molecule has 0 bridgehead atoms. The summed E-state index contributed by atoms with van der Waals surface area (Å²) < 4.78 is 11.4. The van der Waals surface area contributed by atoms with Gasteiger partial charge in [0.05, 0.1) is 11.4 Å². The number of carbonyl (C=O) groups excluding carboxylic acids is 1. The van der Waals surface area contributed by atoms with Crippen molar-refractivity contribution in [2.75, 3.05) is 17.7 Å². The molecule has 0 radical (unpaired) electrons. The summed E-state index contributed by atoms with van der Waals surface area (Å²) in [6.07, 6.45) is -0.478. The number of hydrogen-bond acceptors (Lipinski definition) is 4. The molecule has 0 fully saturated rings. The molecule has 0 atom stereocenters. The fourth-order valence-electron chi connectivity index (χ4n) is 2.79. The van der Waals surface area contributed by atoms with Crippen molar-refractivity contribution in [3.8, 4) is 22.6 Å². The van der Waals surface area contributed by atoms with Crippen LogP contribution in [0.2, 0.25) is 0 Å². The van der Waals surface area contributed by atoms with Gasteiger partial charge in [-0.05, 0) is 56.2 Å². The van der Waals surface area contributed by atoms with Gasteiger partial charge in [0.25, 0.3) is 0 Å². The van der Waals surface area contributed by atoms with Crippen molar-refractivity contribution in [3.05, 3.63) is 72.8 Å². The maximum atomic E-state index is 12.4. The average molecular weight is 390 g/mol. The van der Waals surface area contributed by atoms with Crippen molar-refractivity contribution in [3.63, 3.8) is 0 Å². The summed E-state index contributed by atoms with van der Waals surface area (Å²) in [4.78, 5) is 13.7. The maximum Gasteiger partial charge on any atom is 0.414 e. The molecule has 1 amide bonds. The number of nitrogens with zero attached hydrogens (tertiary/aromatic N) is 1. The second-order valence-electron chi connectivity index (χ2n) is 7.75. The molecule has 29 heavy (non-hydrogen) atoms. The number of nitrogen functional groups attached to an aromatic ring is 1. The highest BCUT2D eigenvalue weighted by Gasteiger charge is 2.22. The van der Waals surface area contributed by atoms with E-state index in [0.29, 0.717) is 22.9 Å². The molecule has 0 aliphatic carbocycles. The summed E-state index contributed by atoms with van der Waals surface area (Å²) in [5.74, 6) is 1.28. The predicted molar refractivity (Wildman–Crippen MR) is 117 cm³/mol. The Balaban J connectivity index is 1.77. The molecular formula is C24H26N2O3. The van der Waals surface area contributed by atoms with Crippen molar-refractivity contribution < 1.29 is 14.3 Å². The van der Waals surface area contributed by atoms with Gasteiger partial charge in [-0.25, -0.2) is 4.79 Å². The van der Waals surface area contributed by atoms with Crippen molar-refractivity contribution in [1.29, 1.82) is 0 Å². The van der Waals surface area contributed by atoms with E-state index in [0.717, 1.165) is 11.1 Å². The zero-order valence-electron chi connectivity index (χ0n) is 17.2. The molecule has 5 nitrogen and oxygen atoms in total. The number of carbonyl (C=O) groups is 1. The van der Waals surface area contributed by atoms with Gasteiger partial charge in [0.2, 0.25) is 0 Å². The molecule has 0 aromatic heterocycles. The molecule has 2 N–H and O–H groups in total. The first-order valence-electron chi connectivity index (χ1n) is 9.42. The molecule has 0 unspecified atom stereocenters. The van der Waals surface area contributed by atoms with E-state index in [4.69, 9.17) is 15.2 Å². The summed E-state index contributed by atoms with van der Waals surface area (Å²) in [5.41, 5.74) is 8.72. The lowest BCUT2D eigenvalue weighted by atomic mass is 10.1. The molecule has 0 saturated carbocycles. The zero-order chi connectivity index (χ0) is 21.0. The van der Waals surface area contributed by atoms with Crippen LogP contribution in [0.3, 0.4) is 0 Å². The van der Waals surface area contributed by atoms with Crippen LogP contribution in [0, 0.1) is 0 Å². The fraction of sp³-hybridized carbons (Fsp3) is 0.208. The normalized spacial score (nSPS) is 11.0. The molecule has 3 aromatic carbocycles. The largest absolute Gasteiger partial charge is 0.457 e. The van der Waals surface area contributed by atoms with Crippen LogP contribution in [0.5, 0.6) is 11.5 Å². The Morgan fingerprint density at radius 2 is 1.45 bits per heavy atom. The summed E-state index contributed by atoms with van der Waals surface area (Å²) >= 11 is 0. The minimum absolute atomic E-state index is 0.463. The number of ether oxygens (including phenoxy) is 2. The molecule has 0 saturated heterocycles. The van der Waals surface area contributed by atoms with Crippen LogP contribution in [0.25, 0.3) is 11.1 Å². The van der Waals surface area contributed by atoms with E-state index in [1.807, 2.05) is 63.2 Å². The predicted octanol–water partition coefficient (Wildman–Crippen LogP) is 6.10. The Labute approximate surface area is 171 Å². The Morgan fingerprint density at radius 1 is 0.862 bits per heavy atom. The number of rotatable bonds is 4. The van der Waals surface area contributed by atoms with Gasteiger partial charge in [0, 0.05) is 13.1 Å². The van der Waals surface area contributed by atoms with Crippen LogP contribution in [0.4, 0.5) is 16.2 Å². The molecule has 3 aromatic rings. The lowest BCUT2D eigenvalue weighted by Gasteiger charge is -2.25. The minimum Gasteiger partial charge on any atom is -0.457 e. The van der Waals surface area contributed by atoms with Gasteiger partial charge in [-0.15, -0.1) is 0 Å². The van der Waals surface area contributed by atoms with E-state index >= 15 is 0 Å². The highest BCUT2D eigenvalue weighted by Crippen LogP contribution is 2.32. The number of nitrogens with two attached hydrogens (primary N) is 1. The molecule has 3 rings (SSSR count). The van der Waals surface area contributed by atoms with Crippen molar-refractivity contribution in [2.24, 2.45) is 0 Å². The van der Waals surface area contributed by atoms with Gasteiger partial charge >= 0.3 is 6.09 Å². The van der Waals surface area contributed by atoms with E-state index in [2.05, 4.69) is 12.1 Å². The van der Waals surface area contributed by atoms with Gasteiger partial charge in [0.1, 0.15) is 17.1 Å². The first-order valence-corrected chi connectivity index (χ1v) is 9.42. The van der Waals surface area contributed by atoms with Crippen LogP contribution in [0.15, 0.2) is 72.8 Å². The molecular weight excluding hydrogens is 364 g/mol. The first kappa shape index (κ1) is 20.3. The summed E-state index contributed by atoms with van der Waals surface area (Å²) in [5, 5.41) is 0. The first-order chi connectivity index (χ1) is 13.7. The van der Waals surface area contributed by atoms with Gasteiger partial charge < -0.3 is 15.2 Å². The fourth-order valence-corrected chi connectivity index (χ4v) is 2.79. The smallest absolute Gasteiger partial charge is 0.414 e. The average Bonchev–Trinajstić information content (AvgIpc) is 2.69. The third-order valence-corrected chi connectivity index (χ3v) is 4.23. The lowest BCUT2D eigenvalue weighted by Crippen LogP contribution is -2.34. The Kier molecular flexibility index (Phi) is 5.78. The van der Waals surface area contributed by atoms with Gasteiger partial charge in [-0.3, -0.25) is 4.90 Å². The molecule has 5 heteroatoms. The van der Waals surface area contributed by atoms with Gasteiger partial charge in [0.15, 0.2) is 0 Å². The van der Waals surface area contributed by atoms with Crippen molar-refractivity contribution in [2.45, 2.75) is 26.4 Å². The highest BCUT2D eigenvalue weighted by atomic mass is 16.6. The number of hydrogen-bond donors (Lipinski definition) is 1. The van der Waals surface area contributed by atoms with Crippen LogP contribution in [-0.2, 0) is 4.74 Å². The van der Waals surface area contributed by atoms with E-state index in [1.54, 1.807) is 25.2 Å². The Hall–Kier alpha value is -3.47. The van der Waals surface area contributed by atoms with Gasteiger partial charge in [-0.2, -0.15) is 0 Å². The molecule has 0 aliphatic rings. The summed E-state index contributed by atoms with van der Waals surface area (Å²) in [6.45, 7) is 5.46. The second-order valence-corrected chi connectivity index (χ2v) is 7.75. The summed E-state index contributed by atoms with van der Waals surface area (Å²) in [6, 6.07) is 23.2. The molecule has 150 valence electrons. The molecule has 0 aliphatic heterocycles. The third-order valence-electron chi connectivity index (χ3n) is 4.23. The van der Waals surface area contributed by atoms with Crippen molar-refractivity contribution >= 4 is 17.5 Å². The highest BCUT2D eigenvalue weighted by molar-refractivity contribution is 5.91. The topological polar surface area (TPSA) is 64.8 Å². The molecule has 0 heterocycles. The monoisotopic (exact) mass is 390 g/mol. The van der Waals surface area contributed by atoms with E-state index in [-0.39, 0.29) is 0 Å². The van der Waals surface area contributed by atoms with Crippen molar-refractivity contribution in [1.82, 2.24) is 0 Å². The van der Waals surface area contributed by atoms with E-state index < -0.39 is 11.7 Å². The number of anilines is 2. The summed E-state index contributed by atoms with van der Waals surface area (Å²) in [7, 11) is 1.62. The second kappa shape index (κ2) is 8.27. The van der Waals surface area contributed by atoms with Crippen LogP contribution >= 0.6 is 0 Å². The van der Waals surface area contributed by atoms with E-state index in [1.165, 1.54) is 4.90 Å². The Morgan fingerprint density at radius 3 is 2.07 bits per heavy atom. The van der Waals surface area contributed by atoms with Gasteiger partial charge in [-0.1, -0.05) is 42.5 Å². The van der Waals surface area contributed by atoms with Crippen LogP contribution in [0.1, 0.15) is 20.8 Å². The number of amides is 1. The zero-order valence-corrected chi connectivity index (χ0v) is 17.2. The maximum absolute atomic E-state index is 12.4. The minimum atomic E-state index is -0.589. The third kappa shape index (κ3) is 5.29. The standard InChI is InChI=1S/C24H26N2O3/c1-24(2,3)29-23(27)26(4)22-16-20(14-15-21(22)25)28-19-12-10-18(11-13-19)17-8-6-5-7-9-17/h5-16H,25H2,1-4H3. The van der Waals surface area contributed by atoms with Crippen LogP contribution < -0.4 is 15.4 Å². The SMILES string of the molecule is CN(C(=O)OC(C)(C)C)c1cc(Oc2ccc(-c3ccccc3)cc2)ccc1N. The Bertz CT molecular complexity index is 977. The quantitative estimate of drug-likeness (QED) is 0.547. The number of benzene rings is 3.